The largest absolute Gasteiger partial charge is 0.310 e. The molecule has 0 aliphatic rings. The Hall–Kier alpha value is -1.19. The number of aromatic nitrogens is 1. The molecule has 0 bridgehead atoms. The Bertz CT molecular complexity index is 514. The number of nitrogens with zero attached hydrogens (tertiary/aromatic N) is 1. The molecule has 1 aromatic heterocycles. The monoisotopic (exact) mass is 288 g/mol. The van der Waals surface area contributed by atoms with Crippen LogP contribution in [0.2, 0.25) is 0 Å². The molecule has 0 fully saturated rings. The van der Waals surface area contributed by atoms with Crippen LogP contribution in [-0.4, -0.2) is 11.5 Å². The van der Waals surface area contributed by atoms with Crippen molar-refractivity contribution in [2.45, 2.75) is 40.2 Å². The average molecular weight is 288 g/mol. The van der Waals surface area contributed by atoms with Gasteiger partial charge in [-0.3, -0.25) is 0 Å². The quantitative estimate of drug-likeness (QED) is 0.857. The van der Waals surface area contributed by atoms with Crippen molar-refractivity contribution >= 4 is 11.3 Å². The van der Waals surface area contributed by atoms with Gasteiger partial charge in [-0.2, -0.15) is 0 Å². The number of benzene rings is 1. The summed E-state index contributed by atoms with van der Waals surface area (Å²) in [4.78, 5) is 6.02. The van der Waals surface area contributed by atoms with Gasteiger partial charge < -0.3 is 5.32 Å². The molecule has 2 rings (SSSR count). The molecule has 20 heavy (non-hydrogen) atoms. The van der Waals surface area contributed by atoms with Gasteiger partial charge in [-0.05, 0) is 31.9 Å². The third kappa shape index (κ3) is 3.68. The summed E-state index contributed by atoms with van der Waals surface area (Å²) in [6.45, 7) is 9.71. The minimum absolute atomic E-state index is 0.394. The van der Waals surface area contributed by atoms with Crippen LogP contribution in [0.1, 0.15) is 41.0 Å². The standard InChI is InChI=1S/C17H24N2S/c1-5-18-17(15-9-7-6-8-10-15)12(2)11-16-19-13(3)14(4)20-16/h6-10,12,17-18H,5,11H2,1-4H3. The van der Waals surface area contributed by atoms with Gasteiger partial charge in [0.1, 0.15) is 0 Å². The van der Waals surface area contributed by atoms with Crippen molar-refractivity contribution in [3.05, 3.63) is 51.5 Å². The van der Waals surface area contributed by atoms with Crippen molar-refractivity contribution in [1.29, 1.82) is 0 Å². The summed E-state index contributed by atoms with van der Waals surface area (Å²) in [5, 5.41) is 4.87. The van der Waals surface area contributed by atoms with Crippen LogP contribution in [0.4, 0.5) is 0 Å². The fourth-order valence-electron chi connectivity index (χ4n) is 2.55. The van der Waals surface area contributed by atoms with Crippen molar-refractivity contribution < 1.29 is 0 Å². The van der Waals surface area contributed by atoms with E-state index in [2.05, 4.69) is 68.3 Å². The van der Waals surface area contributed by atoms with Crippen molar-refractivity contribution in [1.82, 2.24) is 10.3 Å². The smallest absolute Gasteiger partial charge is 0.0934 e. The highest BCUT2D eigenvalue weighted by Crippen LogP contribution is 2.27. The molecule has 0 amide bonds. The molecule has 3 heteroatoms. The number of aryl methyl sites for hydroxylation is 2. The lowest BCUT2D eigenvalue weighted by Gasteiger charge is -2.24. The van der Waals surface area contributed by atoms with Crippen molar-refractivity contribution in [3.8, 4) is 0 Å². The van der Waals surface area contributed by atoms with Crippen LogP contribution in [-0.2, 0) is 6.42 Å². The maximum Gasteiger partial charge on any atom is 0.0934 e. The summed E-state index contributed by atoms with van der Waals surface area (Å²) in [6, 6.07) is 11.1. The van der Waals surface area contributed by atoms with Crippen LogP contribution in [0.5, 0.6) is 0 Å². The van der Waals surface area contributed by atoms with Crippen LogP contribution >= 0.6 is 11.3 Å². The molecular weight excluding hydrogens is 264 g/mol. The molecule has 1 heterocycles. The van der Waals surface area contributed by atoms with Crippen LogP contribution < -0.4 is 5.32 Å². The lowest BCUT2D eigenvalue weighted by molar-refractivity contribution is 0.391. The third-order valence-corrected chi connectivity index (χ3v) is 4.82. The minimum Gasteiger partial charge on any atom is -0.310 e. The zero-order valence-electron chi connectivity index (χ0n) is 12.8. The molecule has 0 aliphatic carbocycles. The Morgan fingerprint density at radius 2 is 1.90 bits per heavy atom. The van der Waals surface area contributed by atoms with E-state index in [9.17, 15) is 0 Å². The summed E-state index contributed by atoms with van der Waals surface area (Å²) in [7, 11) is 0. The van der Waals surface area contributed by atoms with Crippen LogP contribution in [0, 0.1) is 19.8 Å². The molecule has 108 valence electrons. The van der Waals surface area contributed by atoms with E-state index in [1.54, 1.807) is 0 Å². The molecule has 0 saturated carbocycles. The van der Waals surface area contributed by atoms with Crippen LogP contribution in [0.15, 0.2) is 30.3 Å². The third-order valence-electron chi connectivity index (χ3n) is 3.72. The van der Waals surface area contributed by atoms with Crippen molar-refractivity contribution in [2.75, 3.05) is 6.54 Å². The fraction of sp³-hybridized carbons (Fsp3) is 0.471. The van der Waals surface area contributed by atoms with E-state index in [0.717, 1.165) is 13.0 Å². The SMILES string of the molecule is CCNC(c1ccccc1)C(C)Cc1nc(C)c(C)s1. The predicted molar refractivity (Wildman–Crippen MR) is 87.3 cm³/mol. The van der Waals surface area contributed by atoms with E-state index in [4.69, 9.17) is 0 Å². The molecule has 0 spiro atoms. The normalized spacial score (nSPS) is 14.2. The summed E-state index contributed by atoms with van der Waals surface area (Å²) < 4.78 is 0. The molecule has 2 unspecified atom stereocenters. The van der Waals surface area contributed by atoms with Crippen LogP contribution in [0.25, 0.3) is 0 Å². The molecule has 2 nitrogen and oxygen atoms in total. The number of hydrogen-bond donors (Lipinski definition) is 1. The highest BCUT2D eigenvalue weighted by molar-refractivity contribution is 7.11. The molecule has 2 aromatic rings. The molecule has 2 atom stereocenters. The number of rotatable bonds is 6. The average Bonchev–Trinajstić information content (AvgIpc) is 2.75. The van der Waals surface area contributed by atoms with E-state index in [-0.39, 0.29) is 0 Å². The summed E-state index contributed by atoms with van der Waals surface area (Å²) in [5.41, 5.74) is 2.55. The van der Waals surface area contributed by atoms with Gasteiger partial charge in [-0.15, -0.1) is 11.3 Å². The molecule has 1 N–H and O–H groups in total. The Labute approximate surface area is 126 Å². The minimum atomic E-state index is 0.394. The Morgan fingerprint density at radius 1 is 1.20 bits per heavy atom. The predicted octanol–water partition coefficient (Wildman–Crippen LogP) is 4.29. The fourth-order valence-corrected chi connectivity index (χ4v) is 3.62. The first-order valence-corrected chi connectivity index (χ1v) is 8.14. The van der Waals surface area contributed by atoms with Crippen molar-refractivity contribution in [2.24, 2.45) is 5.92 Å². The first-order chi connectivity index (χ1) is 9.61. The van der Waals surface area contributed by atoms with Gasteiger partial charge in [0, 0.05) is 17.3 Å². The van der Waals surface area contributed by atoms with Crippen LogP contribution in [0.3, 0.4) is 0 Å². The second kappa shape index (κ2) is 7.00. The van der Waals surface area contributed by atoms with Gasteiger partial charge in [-0.1, -0.05) is 44.2 Å². The van der Waals surface area contributed by atoms with Crippen molar-refractivity contribution in [3.63, 3.8) is 0 Å². The summed E-state index contributed by atoms with van der Waals surface area (Å²) in [6.07, 6.45) is 1.03. The first kappa shape index (κ1) is 15.2. The van der Waals surface area contributed by atoms with Gasteiger partial charge in [0.25, 0.3) is 0 Å². The zero-order chi connectivity index (χ0) is 14.5. The zero-order valence-corrected chi connectivity index (χ0v) is 13.6. The molecular formula is C17H24N2S. The molecule has 0 saturated heterocycles. The molecule has 0 radical (unpaired) electrons. The lowest BCUT2D eigenvalue weighted by Crippen LogP contribution is -2.28. The number of nitrogens with one attached hydrogen (secondary N) is 1. The Kier molecular flexibility index (Phi) is 5.32. The second-order valence-electron chi connectivity index (χ2n) is 5.38. The highest BCUT2D eigenvalue weighted by Gasteiger charge is 2.20. The molecule has 1 aromatic carbocycles. The Morgan fingerprint density at radius 3 is 2.45 bits per heavy atom. The summed E-state index contributed by atoms with van der Waals surface area (Å²) >= 11 is 1.83. The highest BCUT2D eigenvalue weighted by atomic mass is 32.1. The first-order valence-electron chi connectivity index (χ1n) is 7.33. The number of thiazole rings is 1. The van der Waals surface area contributed by atoms with E-state index in [1.165, 1.54) is 21.1 Å². The van der Waals surface area contributed by atoms with Gasteiger partial charge >= 0.3 is 0 Å². The summed E-state index contributed by atoms with van der Waals surface area (Å²) in [5.74, 6) is 0.530. The molecule has 0 aliphatic heterocycles. The van der Waals surface area contributed by atoms with E-state index < -0.39 is 0 Å². The second-order valence-corrected chi connectivity index (χ2v) is 6.66. The van der Waals surface area contributed by atoms with Gasteiger partial charge in [0.2, 0.25) is 0 Å². The van der Waals surface area contributed by atoms with Gasteiger partial charge in [0.15, 0.2) is 0 Å². The number of hydrogen-bond acceptors (Lipinski definition) is 3. The van der Waals surface area contributed by atoms with Gasteiger partial charge in [-0.25, -0.2) is 4.98 Å². The maximum atomic E-state index is 4.68. The Balaban J connectivity index is 2.13. The maximum absolute atomic E-state index is 4.68. The van der Waals surface area contributed by atoms with E-state index in [0.29, 0.717) is 12.0 Å². The van der Waals surface area contributed by atoms with E-state index >= 15 is 0 Å². The van der Waals surface area contributed by atoms with E-state index in [1.807, 2.05) is 11.3 Å². The topological polar surface area (TPSA) is 24.9 Å². The lowest BCUT2D eigenvalue weighted by atomic mass is 9.92. The van der Waals surface area contributed by atoms with Gasteiger partial charge in [0.05, 0.1) is 10.7 Å².